The number of benzene rings is 1. The maximum absolute atomic E-state index is 10.4. The Morgan fingerprint density at radius 1 is 1.38 bits per heavy atom. The van der Waals surface area contributed by atoms with Crippen LogP contribution in [0.5, 0.6) is 0 Å². The van der Waals surface area contributed by atoms with Gasteiger partial charge in [0.05, 0.1) is 0 Å². The van der Waals surface area contributed by atoms with E-state index in [1.54, 1.807) is 31.2 Å². The number of halogens is 2. The first-order chi connectivity index (χ1) is 6.13. The van der Waals surface area contributed by atoms with E-state index in [1.807, 2.05) is 0 Å². The minimum Gasteiger partial charge on any atom is -0.298 e. The van der Waals surface area contributed by atoms with Gasteiger partial charge in [-0.15, -0.1) is 0 Å². The summed E-state index contributed by atoms with van der Waals surface area (Å²) in [6.07, 6.45) is 2.47. The molecule has 68 valence electrons. The second kappa shape index (κ2) is 4.45. The lowest BCUT2D eigenvalue weighted by Gasteiger charge is -1.98. The molecule has 0 spiro atoms. The molecule has 0 N–H and O–H groups in total. The van der Waals surface area contributed by atoms with Gasteiger partial charge in [-0.2, -0.15) is 0 Å². The zero-order chi connectivity index (χ0) is 9.84. The van der Waals surface area contributed by atoms with E-state index in [-0.39, 0.29) is 0 Å². The summed E-state index contributed by atoms with van der Waals surface area (Å²) in [4.78, 5) is 10.4. The van der Waals surface area contributed by atoms with E-state index in [1.165, 1.54) is 0 Å². The van der Waals surface area contributed by atoms with Gasteiger partial charge in [0.15, 0.2) is 0 Å². The van der Waals surface area contributed by atoms with Crippen molar-refractivity contribution in [2.75, 3.05) is 0 Å². The van der Waals surface area contributed by atoms with E-state index in [2.05, 4.69) is 0 Å². The van der Waals surface area contributed by atoms with Gasteiger partial charge in [0.1, 0.15) is 6.29 Å². The molecule has 1 aromatic rings. The van der Waals surface area contributed by atoms with Crippen LogP contribution in [-0.2, 0) is 4.79 Å². The van der Waals surface area contributed by atoms with Gasteiger partial charge in [0.2, 0.25) is 0 Å². The highest BCUT2D eigenvalue weighted by Gasteiger charge is 1.98. The SMILES string of the molecule is C/C(C=O)=C/c1cc(Cl)ccc1Cl. The Balaban J connectivity index is 3.13. The highest BCUT2D eigenvalue weighted by atomic mass is 35.5. The molecule has 13 heavy (non-hydrogen) atoms. The smallest absolute Gasteiger partial charge is 0.145 e. The maximum atomic E-state index is 10.4. The molecule has 1 aromatic carbocycles. The molecular formula is C10H8Cl2O. The number of aldehydes is 1. The third kappa shape index (κ3) is 2.87. The topological polar surface area (TPSA) is 17.1 Å². The Labute approximate surface area is 87.0 Å². The second-order valence-corrected chi connectivity index (χ2v) is 3.52. The number of carbonyl (C=O) groups excluding carboxylic acids is 1. The first-order valence-corrected chi connectivity index (χ1v) is 4.47. The molecule has 0 aliphatic rings. The summed E-state index contributed by atoms with van der Waals surface area (Å²) < 4.78 is 0. The van der Waals surface area contributed by atoms with Crippen molar-refractivity contribution >= 4 is 35.6 Å². The van der Waals surface area contributed by atoms with Gasteiger partial charge in [0, 0.05) is 10.0 Å². The molecule has 0 unspecified atom stereocenters. The van der Waals surface area contributed by atoms with Gasteiger partial charge in [-0.3, -0.25) is 4.79 Å². The first kappa shape index (κ1) is 10.3. The summed E-state index contributed by atoms with van der Waals surface area (Å²) in [6, 6.07) is 5.13. The van der Waals surface area contributed by atoms with Crippen molar-refractivity contribution < 1.29 is 4.79 Å². The standard InChI is InChI=1S/C10H8Cl2O/c1-7(6-13)4-8-5-9(11)2-3-10(8)12/h2-6H,1H3/b7-4-. The molecule has 0 amide bonds. The van der Waals surface area contributed by atoms with E-state index in [9.17, 15) is 4.79 Å². The van der Waals surface area contributed by atoms with Crippen molar-refractivity contribution in [2.45, 2.75) is 6.92 Å². The Bertz CT molecular complexity index is 356. The first-order valence-electron chi connectivity index (χ1n) is 3.72. The van der Waals surface area contributed by atoms with Crippen LogP contribution >= 0.6 is 23.2 Å². The molecular weight excluding hydrogens is 207 g/mol. The average molecular weight is 215 g/mol. The van der Waals surface area contributed by atoms with Crippen molar-refractivity contribution in [3.8, 4) is 0 Å². The van der Waals surface area contributed by atoms with E-state index in [0.717, 1.165) is 11.8 Å². The van der Waals surface area contributed by atoms with E-state index >= 15 is 0 Å². The molecule has 0 saturated carbocycles. The van der Waals surface area contributed by atoms with Gasteiger partial charge in [-0.05, 0) is 42.3 Å². The largest absolute Gasteiger partial charge is 0.298 e. The highest BCUT2D eigenvalue weighted by molar-refractivity contribution is 6.34. The lowest BCUT2D eigenvalue weighted by molar-refractivity contribution is -0.104. The Morgan fingerprint density at radius 2 is 2.08 bits per heavy atom. The summed E-state index contributed by atoms with van der Waals surface area (Å²) in [6.45, 7) is 1.71. The fraction of sp³-hybridized carbons (Fsp3) is 0.100. The lowest BCUT2D eigenvalue weighted by atomic mass is 10.1. The maximum Gasteiger partial charge on any atom is 0.145 e. The fourth-order valence-electron chi connectivity index (χ4n) is 0.905. The molecule has 0 aromatic heterocycles. The Morgan fingerprint density at radius 3 is 2.69 bits per heavy atom. The molecule has 0 radical (unpaired) electrons. The second-order valence-electron chi connectivity index (χ2n) is 2.67. The molecule has 0 bridgehead atoms. The minimum absolute atomic E-state index is 0.589. The van der Waals surface area contributed by atoms with E-state index < -0.39 is 0 Å². The zero-order valence-corrected chi connectivity index (χ0v) is 8.56. The van der Waals surface area contributed by atoms with Crippen LogP contribution in [0.1, 0.15) is 12.5 Å². The Kier molecular flexibility index (Phi) is 3.52. The predicted octanol–water partition coefficient (Wildman–Crippen LogP) is 3.60. The van der Waals surface area contributed by atoms with Gasteiger partial charge in [-0.1, -0.05) is 23.2 Å². The van der Waals surface area contributed by atoms with Crippen LogP contribution in [0, 0.1) is 0 Å². The summed E-state index contributed by atoms with van der Waals surface area (Å²) in [5.41, 5.74) is 1.38. The van der Waals surface area contributed by atoms with Gasteiger partial charge in [-0.25, -0.2) is 0 Å². The lowest BCUT2D eigenvalue weighted by Crippen LogP contribution is -1.79. The molecule has 1 rings (SSSR count). The van der Waals surface area contributed by atoms with Crippen LogP contribution in [0.3, 0.4) is 0 Å². The fourth-order valence-corrected chi connectivity index (χ4v) is 1.26. The quantitative estimate of drug-likeness (QED) is 0.544. The predicted molar refractivity (Wildman–Crippen MR) is 56.2 cm³/mol. The number of rotatable bonds is 2. The Hall–Kier alpha value is -0.790. The van der Waals surface area contributed by atoms with E-state index in [4.69, 9.17) is 23.2 Å². The molecule has 0 heterocycles. The molecule has 0 fully saturated rings. The molecule has 1 nitrogen and oxygen atoms in total. The van der Waals surface area contributed by atoms with Crippen molar-refractivity contribution in [3.05, 3.63) is 39.4 Å². The minimum atomic E-state index is 0.589. The van der Waals surface area contributed by atoms with Crippen LogP contribution in [0.25, 0.3) is 6.08 Å². The van der Waals surface area contributed by atoms with Crippen molar-refractivity contribution in [3.63, 3.8) is 0 Å². The molecule has 0 aliphatic carbocycles. The van der Waals surface area contributed by atoms with E-state index in [0.29, 0.717) is 15.6 Å². The normalized spacial score (nSPS) is 11.5. The van der Waals surface area contributed by atoms with Crippen LogP contribution in [0.2, 0.25) is 10.0 Å². The number of allylic oxidation sites excluding steroid dienone is 1. The van der Waals surface area contributed by atoms with Gasteiger partial charge in [0.25, 0.3) is 0 Å². The molecule has 3 heteroatoms. The summed E-state index contributed by atoms with van der Waals surface area (Å²) in [5.74, 6) is 0. The van der Waals surface area contributed by atoms with Crippen LogP contribution < -0.4 is 0 Å². The third-order valence-corrected chi connectivity index (χ3v) is 2.11. The average Bonchev–Trinajstić information content (AvgIpc) is 2.11. The molecule has 0 saturated heterocycles. The van der Waals surface area contributed by atoms with Crippen molar-refractivity contribution in [1.29, 1.82) is 0 Å². The third-order valence-electron chi connectivity index (χ3n) is 1.53. The zero-order valence-electron chi connectivity index (χ0n) is 7.05. The summed E-state index contributed by atoms with van der Waals surface area (Å²) in [7, 11) is 0. The van der Waals surface area contributed by atoms with Crippen molar-refractivity contribution in [2.24, 2.45) is 0 Å². The van der Waals surface area contributed by atoms with Crippen molar-refractivity contribution in [1.82, 2.24) is 0 Å². The number of hydrogen-bond acceptors (Lipinski definition) is 1. The summed E-state index contributed by atoms with van der Waals surface area (Å²) in [5, 5.41) is 1.19. The van der Waals surface area contributed by atoms with Crippen LogP contribution in [0.15, 0.2) is 23.8 Å². The van der Waals surface area contributed by atoms with Gasteiger partial charge >= 0.3 is 0 Å². The summed E-state index contributed by atoms with van der Waals surface area (Å²) >= 11 is 11.6. The van der Waals surface area contributed by atoms with Gasteiger partial charge < -0.3 is 0 Å². The van der Waals surface area contributed by atoms with Crippen LogP contribution in [-0.4, -0.2) is 6.29 Å². The monoisotopic (exact) mass is 214 g/mol. The number of carbonyl (C=O) groups is 1. The number of hydrogen-bond donors (Lipinski definition) is 0. The molecule has 0 atom stereocenters. The highest BCUT2D eigenvalue weighted by Crippen LogP contribution is 2.22. The molecule has 0 aliphatic heterocycles. The van der Waals surface area contributed by atoms with Crippen LogP contribution in [0.4, 0.5) is 0 Å².